The van der Waals surface area contributed by atoms with Crippen molar-refractivity contribution in [2.24, 2.45) is 10.4 Å². The predicted molar refractivity (Wildman–Crippen MR) is 93.3 cm³/mol. The summed E-state index contributed by atoms with van der Waals surface area (Å²) in [6.07, 6.45) is -0.376. The third kappa shape index (κ3) is 2.44. The van der Waals surface area contributed by atoms with Gasteiger partial charge in [0.05, 0.1) is 18.0 Å². The fraction of sp³-hybridized carbons (Fsp3) is 0.474. The van der Waals surface area contributed by atoms with Crippen molar-refractivity contribution in [1.82, 2.24) is 4.90 Å². The molecule has 24 heavy (non-hydrogen) atoms. The van der Waals surface area contributed by atoms with Crippen LogP contribution in [0.2, 0.25) is 0 Å². The summed E-state index contributed by atoms with van der Waals surface area (Å²) >= 11 is 0. The van der Waals surface area contributed by atoms with Gasteiger partial charge in [-0.2, -0.15) is 0 Å². The number of aliphatic hydroxyl groups is 1. The highest BCUT2D eigenvalue weighted by atomic mass is 16.5. The van der Waals surface area contributed by atoms with Crippen molar-refractivity contribution in [3.8, 4) is 0 Å². The van der Waals surface area contributed by atoms with Gasteiger partial charge in [0.25, 0.3) is 5.91 Å². The normalized spacial score (nSPS) is 27.9. The molecule has 5 heteroatoms. The van der Waals surface area contributed by atoms with Gasteiger partial charge in [-0.25, -0.2) is 0 Å². The van der Waals surface area contributed by atoms with Gasteiger partial charge in [-0.15, -0.1) is 0 Å². The maximum Gasteiger partial charge on any atom is 0.262 e. The molecule has 0 saturated carbocycles. The Labute approximate surface area is 142 Å². The number of aliphatic hydroxyl groups excluding tert-OH is 1. The number of ether oxygens (including phenoxy) is 1. The summed E-state index contributed by atoms with van der Waals surface area (Å²) in [5.41, 5.74) is 0.501. The van der Waals surface area contributed by atoms with Crippen molar-refractivity contribution < 1.29 is 14.6 Å². The number of benzene rings is 1. The van der Waals surface area contributed by atoms with E-state index in [1.165, 1.54) is 0 Å². The zero-order valence-corrected chi connectivity index (χ0v) is 14.8. The van der Waals surface area contributed by atoms with Crippen LogP contribution in [0.25, 0.3) is 0 Å². The van der Waals surface area contributed by atoms with Gasteiger partial charge in [0.1, 0.15) is 23.1 Å². The number of nitrogens with zero attached hydrogens (tertiary/aromatic N) is 2. The average Bonchev–Trinajstić information content (AvgIpc) is 2.94. The Balaban J connectivity index is 2.02. The maximum absolute atomic E-state index is 13.0. The van der Waals surface area contributed by atoms with E-state index >= 15 is 0 Å². The summed E-state index contributed by atoms with van der Waals surface area (Å²) < 4.78 is 5.85. The first-order valence-corrected chi connectivity index (χ1v) is 8.16. The van der Waals surface area contributed by atoms with Gasteiger partial charge in [-0.05, 0) is 26.0 Å². The van der Waals surface area contributed by atoms with E-state index in [1.807, 2.05) is 58.0 Å². The number of carbonyl (C=O) groups excluding carboxylic acids is 1. The number of para-hydroxylation sites is 1. The average molecular weight is 328 g/mol. The molecule has 1 fully saturated rings. The second-order valence-electron chi connectivity index (χ2n) is 7.73. The molecular weight excluding hydrogens is 304 g/mol. The SMILES string of the molecule is CC(=Nc1ccccc1)C1=C(O)[C@]2(C)CO[C@@H](C(C)(C)C)N2C1=O. The molecule has 2 heterocycles. The molecular formula is C19H24N2O3. The van der Waals surface area contributed by atoms with Crippen molar-refractivity contribution in [3.63, 3.8) is 0 Å². The van der Waals surface area contributed by atoms with Gasteiger partial charge in [0.15, 0.2) is 0 Å². The van der Waals surface area contributed by atoms with Crippen LogP contribution in [0.5, 0.6) is 0 Å². The zero-order chi connectivity index (χ0) is 17.7. The van der Waals surface area contributed by atoms with Gasteiger partial charge in [-0.1, -0.05) is 39.0 Å². The molecule has 2 atom stereocenters. The minimum absolute atomic E-state index is 0.0523. The third-order valence-electron chi connectivity index (χ3n) is 4.62. The lowest BCUT2D eigenvalue weighted by molar-refractivity contribution is -0.139. The van der Waals surface area contributed by atoms with Crippen LogP contribution in [-0.4, -0.2) is 40.0 Å². The van der Waals surface area contributed by atoms with Crippen molar-refractivity contribution >= 4 is 17.3 Å². The lowest BCUT2D eigenvalue weighted by atomic mass is 9.92. The molecule has 0 aromatic heterocycles. The van der Waals surface area contributed by atoms with Crippen LogP contribution < -0.4 is 0 Å². The molecule has 1 amide bonds. The first-order valence-electron chi connectivity index (χ1n) is 8.16. The van der Waals surface area contributed by atoms with Gasteiger partial charge in [0, 0.05) is 5.41 Å². The summed E-state index contributed by atoms with van der Waals surface area (Å²) in [4.78, 5) is 19.2. The van der Waals surface area contributed by atoms with E-state index in [4.69, 9.17) is 4.74 Å². The number of hydrogen-bond acceptors (Lipinski definition) is 4. The lowest BCUT2D eigenvalue weighted by Crippen LogP contribution is -2.50. The highest BCUT2D eigenvalue weighted by molar-refractivity contribution is 6.23. The topological polar surface area (TPSA) is 62.1 Å². The van der Waals surface area contributed by atoms with Crippen LogP contribution in [0.15, 0.2) is 46.7 Å². The molecule has 5 nitrogen and oxygen atoms in total. The van der Waals surface area contributed by atoms with Gasteiger partial charge >= 0.3 is 0 Å². The van der Waals surface area contributed by atoms with Gasteiger partial charge in [-0.3, -0.25) is 14.7 Å². The van der Waals surface area contributed by atoms with Crippen molar-refractivity contribution in [2.45, 2.75) is 46.4 Å². The van der Waals surface area contributed by atoms with Gasteiger partial charge in [0.2, 0.25) is 0 Å². The number of rotatable bonds is 2. The van der Waals surface area contributed by atoms with Crippen LogP contribution in [0, 0.1) is 5.41 Å². The van der Waals surface area contributed by atoms with Crippen LogP contribution in [0.3, 0.4) is 0 Å². The van der Waals surface area contributed by atoms with Crippen LogP contribution in [-0.2, 0) is 9.53 Å². The highest BCUT2D eigenvalue weighted by Crippen LogP contribution is 2.45. The maximum atomic E-state index is 13.0. The van der Waals surface area contributed by atoms with Crippen molar-refractivity contribution in [2.75, 3.05) is 6.61 Å². The Morgan fingerprint density at radius 2 is 1.96 bits per heavy atom. The predicted octanol–water partition coefficient (Wildman–Crippen LogP) is 3.59. The van der Waals surface area contributed by atoms with E-state index in [-0.39, 0.29) is 29.9 Å². The molecule has 0 bridgehead atoms. The molecule has 1 saturated heterocycles. The molecule has 2 aliphatic heterocycles. The zero-order valence-electron chi connectivity index (χ0n) is 14.8. The summed E-state index contributed by atoms with van der Waals surface area (Å²) in [6.45, 7) is 9.96. The van der Waals surface area contributed by atoms with Gasteiger partial charge < -0.3 is 9.84 Å². The quantitative estimate of drug-likeness (QED) is 0.844. The molecule has 0 unspecified atom stereocenters. The largest absolute Gasteiger partial charge is 0.509 e. The standard InChI is InChI=1S/C19H24N2O3/c1-12(20-13-9-7-6-8-10-13)14-15(22)19(5)11-24-17(18(2,3)4)21(19)16(14)23/h6-10,17,22H,11H2,1-5H3/t17-,19-/m0/s1. The fourth-order valence-corrected chi connectivity index (χ4v) is 3.36. The van der Waals surface area contributed by atoms with E-state index in [0.717, 1.165) is 5.69 Å². The summed E-state index contributed by atoms with van der Waals surface area (Å²) in [7, 11) is 0. The van der Waals surface area contributed by atoms with E-state index in [2.05, 4.69) is 4.99 Å². The number of hydrogen-bond donors (Lipinski definition) is 1. The first kappa shape index (κ1) is 16.7. The molecule has 1 aromatic rings. The molecule has 0 spiro atoms. The summed E-state index contributed by atoms with van der Waals surface area (Å²) in [6, 6.07) is 9.42. The van der Waals surface area contributed by atoms with Crippen LogP contribution in [0.4, 0.5) is 5.69 Å². The van der Waals surface area contributed by atoms with E-state index < -0.39 is 5.54 Å². The first-order chi connectivity index (χ1) is 11.2. The number of fused-ring (bicyclic) bond motifs is 1. The monoisotopic (exact) mass is 328 g/mol. The Bertz CT molecular complexity index is 731. The Hall–Kier alpha value is -2.14. The molecule has 1 N–H and O–H groups in total. The smallest absolute Gasteiger partial charge is 0.262 e. The number of amides is 1. The van der Waals surface area contributed by atoms with E-state index in [0.29, 0.717) is 11.3 Å². The summed E-state index contributed by atoms with van der Waals surface area (Å²) in [5, 5.41) is 10.8. The van der Waals surface area contributed by atoms with Crippen LogP contribution in [0.1, 0.15) is 34.6 Å². The number of aliphatic imine (C=N–C) groups is 1. The Morgan fingerprint density at radius 3 is 2.54 bits per heavy atom. The molecule has 128 valence electrons. The second kappa shape index (κ2) is 5.45. The third-order valence-corrected chi connectivity index (χ3v) is 4.62. The second-order valence-corrected chi connectivity index (χ2v) is 7.73. The molecule has 2 aliphatic rings. The Morgan fingerprint density at radius 1 is 1.33 bits per heavy atom. The summed E-state index contributed by atoms with van der Waals surface area (Å²) in [5.74, 6) is -0.166. The molecule has 0 radical (unpaired) electrons. The Kier molecular flexibility index (Phi) is 3.79. The molecule has 1 aromatic carbocycles. The van der Waals surface area contributed by atoms with E-state index in [9.17, 15) is 9.90 Å². The lowest BCUT2D eigenvalue weighted by Gasteiger charge is -2.36. The molecule has 0 aliphatic carbocycles. The number of carbonyl (C=O) groups is 1. The van der Waals surface area contributed by atoms with E-state index in [1.54, 1.807) is 11.8 Å². The minimum Gasteiger partial charge on any atom is -0.509 e. The van der Waals surface area contributed by atoms with Crippen LogP contribution >= 0.6 is 0 Å². The van der Waals surface area contributed by atoms with Crippen molar-refractivity contribution in [3.05, 3.63) is 41.7 Å². The minimum atomic E-state index is -0.822. The molecule has 3 rings (SSSR count). The van der Waals surface area contributed by atoms with Crippen molar-refractivity contribution in [1.29, 1.82) is 0 Å². The highest BCUT2D eigenvalue weighted by Gasteiger charge is 2.59. The fourth-order valence-electron chi connectivity index (χ4n) is 3.36.